The summed E-state index contributed by atoms with van der Waals surface area (Å²) in [6.07, 6.45) is 0. The van der Waals surface area contributed by atoms with Crippen LogP contribution in [0.1, 0.15) is 6.92 Å². The first-order valence-corrected chi connectivity index (χ1v) is 6.32. The summed E-state index contributed by atoms with van der Waals surface area (Å²) in [5.41, 5.74) is -1.38. The van der Waals surface area contributed by atoms with E-state index in [9.17, 15) is 12.8 Å². The van der Waals surface area contributed by atoms with E-state index in [0.717, 1.165) is 12.1 Å². The molecule has 0 unspecified atom stereocenters. The molecule has 0 saturated carbocycles. The van der Waals surface area contributed by atoms with E-state index in [1.807, 2.05) is 0 Å². The van der Waals surface area contributed by atoms with E-state index in [1.165, 1.54) is 19.1 Å². The molecular formula is C10H14FNO4S. The third-order valence-electron chi connectivity index (χ3n) is 2.19. The Morgan fingerprint density at radius 2 is 1.94 bits per heavy atom. The largest absolute Gasteiger partial charge is 0.394 e. The quantitative estimate of drug-likeness (QED) is 0.689. The van der Waals surface area contributed by atoms with Gasteiger partial charge in [0, 0.05) is 0 Å². The highest BCUT2D eigenvalue weighted by Gasteiger charge is 2.29. The average Bonchev–Trinajstić information content (AvgIpc) is 2.28. The van der Waals surface area contributed by atoms with Gasteiger partial charge in [0.05, 0.1) is 23.6 Å². The number of rotatable bonds is 5. The third kappa shape index (κ3) is 3.47. The van der Waals surface area contributed by atoms with Crippen molar-refractivity contribution in [1.29, 1.82) is 0 Å². The molecule has 0 bridgehead atoms. The van der Waals surface area contributed by atoms with Crippen LogP contribution in [-0.2, 0) is 10.0 Å². The van der Waals surface area contributed by atoms with Crippen molar-refractivity contribution in [2.75, 3.05) is 13.2 Å². The molecule has 0 amide bonds. The first-order valence-electron chi connectivity index (χ1n) is 4.84. The number of hydrogen-bond donors (Lipinski definition) is 3. The van der Waals surface area contributed by atoms with Gasteiger partial charge in [-0.2, -0.15) is 0 Å². The summed E-state index contributed by atoms with van der Waals surface area (Å²) >= 11 is 0. The van der Waals surface area contributed by atoms with Gasteiger partial charge < -0.3 is 10.2 Å². The minimum absolute atomic E-state index is 0.259. The fraction of sp³-hybridized carbons (Fsp3) is 0.400. The Morgan fingerprint density at radius 1 is 1.35 bits per heavy atom. The molecule has 0 radical (unpaired) electrons. The van der Waals surface area contributed by atoms with E-state index in [1.54, 1.807) is 0 Å². The highest BCUT2D eigenvalue weighted by Crippen LogP contribution is 2.13. The van der Waals surface area contributed by atoms with E-state index < -0.39 is 34.6 Å². The van der Waals surface area contributed by atoms with E-state index in [2.05, 4.69) is 4.72 Å². The Morgan fingerprint density at radius 3 is 2.41 bits per heavy atom. The third-order valence-corrected chi connectivity index (χ3v) is 3.82. The number of benzene rings is 1. The molecule has 17 heavy (non-hydrogen) atoms. The zero-order chi connectivity index (χ0) is 13.1. The predicted octanol–water partition coefficient (Wildman–Crippen LogP) is -0.153. The number of nitrogens with one attached hydrogen (secondary N) is 1. The monoisotopic (exact) mass is 263 g/mol. The summed E-state index contributed by atoms with van der Waals surface area (Å²) in [5, 5.41) is 18.0. The van der Waals surface area contributed by atoms with Gasteiger partial charge in [0.15, 0.2) is 0 Å². The maximum atomic E-state index is 12.9. The van der Waals surface area contributed by atoms with Gasteiger partial charge in [-0.25, -0.2) is 17.5 Å². The lowest BCUT2D eigenvalue weighted by atomic mass is 10.1. The molecule has 0 aromatic heterocycles. The number of aliphatic hydroxyl groups is 2. The van der Waals surface area contributed by atoms with Gasteiger partial charge in [-0.3, -0.25) is 0 Å². The zero-order valence-corrected chi connectivity index (χ0v) is 10.0. The van der Waals surface area contributed by atoms with E-state index >= 15 is 0 Å². The van der Waals surface area contributed by atoms with Crippen LogP contribution in [-0.4, -0.2) is 37.4 Å². The number of sulfonamides is 1. The van der Waals surface area contributed by atoms with Crippen LogP contribution in [0.5, 0.6) is 0 Å². The Balaban J connectivity index is 3.05. The lowest BCUT2D eigenvalue weighted by Gasteiger charge is -2.25. The van der Waals surface area contributed by atoms with Crippen LogP contribution >= 0.6 is 0 Å². The highest BCUT2D eigenvalue weighted by atomic mass is 32.2. The summed E-state index contributed by atoms with van der Waals surface area (Å²) in [5.74, 6) is -0.678. The molecule has 0 aliphatic heterocycles. The predicted molar refractivity (Wildman–Crippen MR) is 59.3 cm³/mol. The van der Waals surface area contributed by atoms with E-state index in [0.29, 0.717) is 0 Å². The minimum atomic E-state index is -3.97. The van der Waals surface area contributed by atoms with Crippen molar-refractivity contribution >= 4 is 10.0 Å². The summed E-state index contributed by atoms with van der Waals surface area (Å²) < 4.78 is 38.7. The molecular weight excluding hydrogens is 249 g/mol. The van der Waals surface area contributed by atoms with E-state index in [4.69, 9.17) is 10.2 Å². The maximum absolute atomic E-state index is 12.9. The van der Waals surface area contributed by atoms with Gasteiger partial charge >= 0.3 is 0 Å². The lowest BCUT2D eigenvalue weighted by molar-refractivity contribution is 0.122. The van der Waals surface area contributed by atoms with Gasteiger partial charge in [-0.15, -0.1) is 0 Å². The van der Waals surface area contributed by atoms with Crippen molar-refractivity contribution in [3.8, 4) is 0 Å². The Kier molecular flexibility index (Phi) is 4.21. The van der Waals surface area contributed by atoms with Gasteiger partial charge in [-0.05, 0) is 25.1 Å². The van der Waals surface area contributed by atoms with Gasteiger partial charge in [0.2, 0.25) is 10.0 Å². The van der Waals surface area contributed by atoms with Crippen LogP contribution in [0, 0.1) is 5.82 Å². The number of hydrogen-bond acceptors (Lipinski definition) is 4. The Bertz CT molecular complexity index is 485. The van der Waals surface area contributed by atoms with Crippen molar-refractivity contribution in [1.82, 2.24) is 4.72 Å². The molecule has 1 aromatic rings. The van der Waals surface area contributed by atoms with E-state index in [-0.39, 0.29) is 4.90 Å². The first-order chi connectivity index (χ1) is 7.83. The molecule has 0 heterocycles. The summed E-state index contributed by atoms with van der Waals surface area (Å²) in [4.78, 5) is -0.259. The van der Waals surface area contributed by atoms with Crippen LogP contribution in [0.4, 0.5) is 4.39 Å². The minimum Gasteiger partial charge on any atom is -0.394 e. The second-order valence-electron chi connectivity index (χ2n) is 3.94. The van der Waals surface area contributed by atoms with Crippen LogP contribution in [0.25, 0.3) is 0 Å². The second-order valence-corrected chi connectivity index (χ2v) is 5.62. The van der Waals surface area contributed by atoms with Gasteiger partial charge in [-0.1, -0.05) is 6.07 Å². The summed E-state index contributed by atoms with van der Waals surface area (Å²) in [6, 6.07) is 4.47. The Hall–Kier alpha value is -1.02. The average molecular weight is 263 g/mol. The normalized spacial score (nSPS) is 12.7. The number of halogens is 1. The van der Waals surface area contributed by atoms with Crippen LogP contribution in [0.3, 0.4) is 0 Å². The van der Waals surface area contributed by atoms with Crippen LogP contribution in [0.15, 0.2) is 29.2 Å². The van der Waals surface area contributed by atoms with Crippen LogP contribution < -0.4 is 4.72 Å². The molecule has 0 spiro atoms. The van der Waals surface area contributed by atoms with Gasteiger partial charge in [0.1, 0.15) is 5.82 Å². The fourth-order valence-corrected chi connectivity index (χ4v) is 2.55. The molecule has 96 valence electrons. The first kappa shape index (κ1) is 14.0. The summed E-state index contributed by atoms with van der Waals surface area (Å²) in [7, 11) is -3.97. The molecule has 1 rings (SSSR count). The van der Waals surface area contributed by atoms with Crippen molar-refractivity contribution in [2.24, 2.45) is 0 Å². The van der Waals surface area contributed by atoms with Crippen molar-refractivity contribution in [3.05, 3.63) is 30.1 Å². The Labute approximate surface area is 99.0 Å². The second kappa shape index (κ2) is 5.09. The van der Waals surface area contributed by atoms with Crippen molar-refractivity contribution < 1.29 is 23.0 Å². The van der Waals surface area contributed by atoms with Gasteiger partial charge in [0.25, 0.3) is 0 Å². The number of aliphatic hydroxyl groups excluding tert-OH is 2. The molecule has 7 heteroatoms. The molecule has 3 N–H and O–H groups in total. The van der Waals surface area contributed by atoms with Crippen molar-refractivity contribution in [3.63, 3.8) is 0 Å². The molecule has 1 aromatic carbocycles. The smallest absolute Gasteiger partial charge is 0.241 e. The highest BCUT2D eigenvalue weighted by molar-refractivity contribution is 7.89. The van der Waals surface area contributed by atoms with Crippen molar-refractivity contribution in [2.45, 2.75) is 17.4 Å². The zero-order valence-electron chi connectivity index (χ0n) is 9.22. The molecule has 0 fully saturated rings. The molecule has 0 aliphatic carbocycles. The topological polar surface area (TPSA) is 86.6 Å². The standard InChI is InChI=1S/C10H14FNO4S/c1-10(6-13,7-14)12-17(15,16)9-4-2-3-8(11)5-9/h2-5,12-14H,6-7H2,1H3. The molecule has 0 atom stereocenters. The summed E-state index contributed by atoms with van der Waals surface area (Å²) in [6.45, 7) is 0.194. The lowest BCUT2D eigenvalue weighted by Crippen LogP contribution is -2.51. The fourth-order valence-electron chi connectivity index (χ4n) is 1.13. The molecule has 5 nitrogen and oxygen atoms in total. The maximum Gasteiger partial charge on any atom is 0.241 e. The van der Waals surface area contributed by atoms with Crippen LogP contribution in [0.2, 0.25) is 0 Å². The SMILES string of the molecule is CC(CO)(CO)NS(=O)(=O)c1cccc(F)c1. The molecule has 0 saturated heterocycles. The molecule has 0 aliphatic rings.